The Balaban J connectivity index is 1.92. The van der Waals surface area contributed by atoms with Crippen LogP contribution in [-0.4, -0.2) is 38.7 Å². The Hall–Kier alpha value is -1.06. The highest BCUT2D eigenvalue weighted by Gasteiger charge is 2.24. The number of benzene rings is 1. The van der Waals surface area contributed by atoms with E-state index in [1.54, 1.807) is 7.11 Å². The van der Waals surface area contributed by atoms with Crippen molar-refractivity contribution in [2.75, 3.05) is 33.8 Å². The van der Waals surface area contributed by atoms with Crippen molar-refractivity contribution < 1.29 is 4.74 Å². The minimum atomic E-state index is 0.768. The van der Waals surface area contributed by atoms with Gasteiger partial charge in [0.15, 0.2) is 0 Å². The first-order valence-corrected chi connectivity index (χ1v) is 6.72. The highest BCUT2D eigenvalue weighted by atomic mass is 16.5. The van der Waals surface area contributed by atoms with Crippen LogP contribution in [0.25, 0.3) is 0 Å². The van der Waals surface area contributed by atoms with Gasteiger partial charge in [0.1, 0.15) is 5.75 Å². The quantitative estimate of drug-likeness (QED) is 0.862. The van der Waals surface area contributed by atoms with E-state index in [-0.39, 0.29) is 0 Å². The number of para-hydroxylation sites is 1. The van der Waals surface area contributed by atoms with Crippen LogP contribution in [0.3, 0.4) is 0 Å². The second kappa shape index (κ2) is 6.21. The van der Waals surface area contributed by atoms with Crippen LogP contribution >= 0.6 is 0 Å². The summed E-state index contributed by atoms with van der Waals surface area (Å²) in [5, 5.41) is 3.46. The molecule has 2 rings (SSSR count). The van der Waals surface area contributed by atoms with Gasteiger partial charge >= 0.3 is 0 Å². The highest BCUT2D eigenvalue weighted by Crippen LogP contribution is 2.21. The van der Waals surface area contributed by atoms with Gasteiger partial charge in [0.05, 0.1) is 7.11 Å². The molecule has 0 radical (unpaired) electrons. The summed E-state index contributed by atoms with van der Waals surface area (Å²) >= 11 is 0. The third-order valence-electron chi connectivity index (χ3n) is 3.86. The summed E-state index contributed by atoms with van der Waals surface area (Å²) < 4.78 is 5.40. The third kappa shape index (κ3) is 3.24. The van der Waals surface area contributed by atoms with Gasteiger partial charge < -0.3 is 15.0 Å². The highest BCUT2D eigenvalue weighted by molar-refractivity contribution is 5.32. The van der Waals surface area contributed by atoms with Crippen molar-refractivity contribution in [3.8, 4) is 5.75 Å². The van der Waals surface area contributed by atoms with Crippen LogP contribution in [0.5, 0.6) is 5.75 Å². The van der Waals surface area contributed by atoms with Gasteiger partial charge in [-0.1, -0.05) is 25.1 Å². The molecule has 1 aromatic carbocycles. The zero-order chi connectivity index (χ0) is 13.0. The molecule has 1 heterocycles. The SMILES string of the molecule is COc1ccccc1CN(C)CC1CNCC1C. The van der Waals surface area contributed by atoms with E-state index in [1.807, 2.05) is 12.1 Å². The predicted octanol–water partition coefficient (Wildman–Crippen LogP) is 1.98. The lowest BCUT2D eigenvalue weighted by atomic mass is 9.97. The van der Waals surface area contributed by atoms with E-state index in [0.717, 1.165) is 43.8 Å². The molecule has 1 N–H and O–H groups in total. The molecule has 1 aliphatic heterocycles. The van der Waals surface area contributed by atoms with Gasteiger partial charge in [-0.05, 0) is 38.0 Å². The molecule has 100 valence electrons. The van der Waals surface area contributed by atoms with Gasteiger partial charge in [0.2, 0.25) is 0 Å². The van der Waals surface area contributed by atoms with E-state index in [1.165, 1.54) is 5.56 Å². The molecule has 0 saturated carbocycles. The molecule has 2 atom stereocenters. The Morgan fingerprint density at radius 3 is 2.78 bits per heavy atom. The molecule has 2 unspecified atom stereocenters. The number of nitrogens with one attached hydrogen (secondary N) is 1. The Bertz CT molecular complexity index is 381. The molecule has 3 nitrogen and oxygen atoms in total. The summed E-state index contributed by atoms with van der Waals surface area (Å²) in [6.07, 6.45) is 0. The summed E-state index contributed by atoms with van der Waals surface area (Å²) in [4.78, 5) is 2.39. The molecule has 1 saturated heterocycles. The van der Waals surface area contributed by atoms with E-state index >= 15 is 0 Å². The minimum absolute atomic E-state index is 0.768. The third-order valence-corrected chi connectivity index (χ3v) is 3.86. The molecule has 18 heavy (non-hydrogen) atoms. The average Bonchev–Trinajstić information content (AvgIpc) is 2.75. The minimum Gasteiger partial charge on any atom is -0.496 e. The van der Waals surface area contributed by atoms with Gasteiger partial charge in [0, 0.05) is 18.7 Å². The van der Waals surface area contributed by atoms with Crippen LogP contribution < -0.4 is 10.1 Å². The molecule has 0 aromatic heterocycles. The summed E-state index contributed by atoms with van der Waals surface area (Å²) in [7, 11) is 3.93. The number of methoxy groups -OCH3 is 1. The van der Waals surface area contributed by atoms with E-state index in [0.29, 0.717) is 0 Å². The second-order valence-electron chi connectivity index (χ2n) is 5.40. The molecule has 1 fully saturated rings. The van der Waals surface area contributed by atoms with Crippen molar-refractivity contribution in [2.45, 2.75) is 13.5 Å². The number of rotatable bonds is 5. The van der Waals surface area contributed by atoms with Crippen LogP contribution in [0.15, 0.2) is 24.3 Å². The molecule has 1 aromatic rings. The maximum atomic E-state index is 5.40. The van der Waals surface area contributed by atoms with Crippen LogP contribution in [0.1, 0.15) is 12.5 Å². The normalized spacial score (nSPS) is 23.6. The fourth-order valence-corrected chi connectivity index (χ4v) is 2.70. The summed E-state index contributed by atoms with van der Waals surface area (Å²) in [6, 6.07) is 8.27. The lowest BCUT2D eigenvalue weighted by Gasteiger charge is -2.23. The van der Waals surface area contributed by atoms with Crippen molar-refractivity contribution in [1.82, 2.24) is 10.2 Å². The maximum absolute atomic E-state index is 5.40. The molecule has 0 aliphatic carbocycles. The topological polar surface area (TPSA) is 24.5 Å². The Morgan fingerprint density at radius 1 is 1.33 bits per heavy atom. The average molecular weight is 248 g/mol. The summed E-state index contributed by atoms with van der Waals surface area (Å²) in [5.74, 6) is 2.54. The zero-order valence-corrected chi connectivity index (χ0v) is 11.6. The van der Waals surface area contributed by atoms with Gasteiger partial charge in [-0.2, -0.15) is 0 Å². The summed E-state index contributed by atoms with van der Waals surface area (Å²) in [5.41, 5.74) is 1.26. The smallest absolute Gasteiger partial charge is 0.123 e. The molecule has 0 spiro atoms. The van der Waals surface area contributed by atoms with E-state index in [2.05, 4.69) is 36.3 Å². The first kappa shape index (κ1) is 13.4. The van der Waals surface area contributed by atoms with Crippen LogP contribution in [0.4, 0.5) is 0 Å². The zero-order valence-electron chi connectivity index (χ0n) is 11.6. The fraction of sp³-hybridized carbons (Fsp3) is 0.600. The largest absolute Gasteiger partial charge is 0.496 e. The number of nitrogens with zero attached hydrogens (tertiary/aromatic N) is 1. The molecular formula is C15H24N2O. The van der Waals surface area contributed by atoms with Crippen molar-refractivity contribution >= 4 is 0 Å². The molecule has 0 amide bonds. The number of ether oxygens (including phenoxy) is 1. The van der Waals surface area contributed by atoms with Crippen LogP contribution in [-0.2, 0) is 6.54 Å². The summed E-state index contributed by atoms with van der Waals surface area (Å²) in [6.45, 7) is 6.74. The molecule has 0 bridgehead atoms. The van der Waals surface area contributed by atoms with Crippen molar-refractivity contribution in [3.63, 3.8) is 0 Å². The molecule has 3 heteroatoms. The van der Waals surface area contributed by atoms with Crippen molar-refractivity contribution in [2.24, 2.45) is 11.8 Å². The maximum Gasteiger partial charge on any atom is 0.123 e. The van der Waals surface area contributed by atoms with Crippen LogP contribution in [0.2, 0.25) is 0 Å². The lowest BCUT2D eigenvalue weighted by molar-refractivity contribution is 0.249. The monoisotopic (exact) mass is 248 g/mol. The number of hydrogen-bond donors (Lipinski definition) is 1. The second-order valence-corrected chi connectivity index (χ2v) is 5.40. The van der Waals surface area contributed by atoms with E-state index < -0.39 is 0 Å². The standard InChI is InChI=1S/C15H24N2O/c1-12-8-16-9-14(12)11-17(2)10-13-6-4-5-7-15(13)18-3/h4-7,12,14,16H,8-11H2,1-3H3. The van der Waals surface area contributed by atoms with Gasteiger partial charge in [0.25, 0.3) is 0 Å². The fourth-order valence-electron chi connectivity index (χ4n) is 2.70. The molecule has 1 aliphatic rings. The van der Waals surface area contributed by atoms with Gasteiger partial charge in [-0.3, -0.25) is 0 Å². The first-order chi connectivity index (χ1) is 8.70. The van der Waals surface area contributed by atoms with E-state index in [9.17, 15) is 0 Å². The lowest BCUT2D eigenvalue weighted by Crippen LogP contribution is -2.29. The van der Waals surface area contributed by atoms with Crippen molar-refractivity contribution in [3.05, 3.63) is 29.8 Å². The van der Waals surface area contributed by atoms with Crippen molar-refractivity contribution in [1.29, 1.82) is 0 Å². The molecular weight excluding hydrogens is 224 g/mol. The first-order valence-electron chi connectivity index (χ1n) is 6.72. The van der Waals surface area contributed by atoms with Gasteiger partial charge in [-0.15, -0.1) is 0 Å². The van der Waals surface area contributed by atoms with E-state index in [4.69, 9.17) is 4.74 Å². The predicted molar refractivity (Wildman–Crippen MR) is 74.9 cm³/mol. The Labute approximate surface area is 110 Å². The Morgan fingerprint density at radius 2 is 2.11 bits per heavy atom. The van der Waals surface area contributed by atoms with Crippen LogP contribution in [0, 0.1) is 11.8 Å². The van der Waals surface area contributed by atoms with Gasteiger partial charge in [-0.25, -0.2) is 0 Å². The Kier molecular flexibility index (Phi) is 4.61. The number of hydrogen-bond acceptors (Lipinski definition) is 3.